The van der Waals surface area contributed by atoms with E-state index in [1.54, 1.807) is 38.6 Å². The minimum atomic E-state index is -1.08. The summed E-state index contributed by atoms with van der Waals surface area (Å²) in [5.74, 6) is -0.944. The molecule has 7 heteroatoms. The molecule has 0 bridgehead atoms. The maximum atomic E-state index is 11.8. The Balaban J connectivity index is 2.82. The van der Waals surface area contributed by atoms with E-state index in [-0.39, 0.29) is 6.54 Å². The van der Waals surface area contributed by atoms with E-state index in [9.17, 15) is 14.7 Å². The number of amides is 1. The molecule has 1 amide bonds. The van der Waals surface area contributed by atoms with Gasteiger partial charge in [0.05, 0.1) is 11.6 Å². The van der Waals surface area contributed by atoms with Crippen LogP contribution < -0.4 is 5.32 Å². The van der Waals surface area contributed by atoms with Crippen LogP contribution in [0.25, 0.3) is 0 Å². The molecule has 0 fully saturated rings. The van der Waals surface area contributed by atoms with Crippen molar-refractivity contribution in [1.29, 1.82) is 0 Å². The smallest absolute Gasteiger partial charge is 0.407 e. The molecule has 0 aromatic carbocycles. The summed E-state index contributed by atoms with van der Waals surface area (Å²) in [7, 11) is 0. The highest BCUT2D eigenvalue weighted by atomic mass is 16.6. The van der Waals surface area contributed by atoms with Gasteiger partial charge in [-0.15, -0.1) is 0 Å². The molecule has 2 N–H and O–H groups in total. The molecule has 0 saturated heterocycles. The van der Waals surface area contributed by atoms with Crippen molar-refractivity contribution in [2.24, 2.45) is 5.41 Å². The van der Waals surface area contributed by atoms with E-state index in [1.807, 2.05) is 13.1 Å². The van der Waals surface area contributed by atoms with Gasteiger partial charge in [0.2, 0.25) is 0 Å². The molecule has 1 heterocycles. The predicted molar refractivity (Wildman–Crippen MR) is 86.2 cm³/mol. The Hall–Kier alpha value is -2.05. The molecule has 7 nitrogen and oxygen atoms in total. The van der Waals surface area contributed by atoms with Gasteiger partial charge in [-0.3, -0.25) is 9.48 Å². The zero-order chi connectivity index (χ0) is 17.7. The number of hydrogen-bond acceptors (Lipinski definition) is 4. The number of rotatable bonds is 7. The van der Waals surface area contributed by atoms with Crippen molar-refractivity contribution in [2.75, 3.05) is 6.54 Å². The zero-order valence-electron chi connectivity index (χ0n) is 14.5. The number of hydrogen-bond donors (Lipinski definition) is 2. The van der Waals surface area contributed by atoms with Crippen LogP contribution in [-0.4, -0.2) is 39.1 Å². The molecular formula is C16H27N3O4. The summed E-state index contributed by atoms with van der Waals surface area (Å²) < 4.78 is 6.92. The van der Waals surface area contributed by atoms with Crippen molar-refractivity contribution in [3.8, 4) is 0 Å². The predicted octanol–water partition coefficient (Wildman–Crippen LogP) is 2.45. The van der Waals surface area contributed by atoms with Gasteiger partial charge in [0.15, 0.2) is 0 Å². The molecular weight excluding hydrogens is 298 g/mol. The van der Waals surface area contributed by atoms with Gasteiger partial charge in [0.25, 0.3) is 0 Å². The molecule has 0 saturated carbocycles. The van der Waals surface area contributed by atoms with Crippen molar-refractivity contribution in [3.05, 3.63) is 18.0 Å². The summed E-state index contributed by atoms with van der Waals surface area (Å²) in [6, 6.07) is 0. The minimum absolute atomic E-state index is 0.00501. The summed E-state index contributed by atoms with van der Waals surface area (Å²) in [4.78, 5) is 23.6. The second-order valence-electron chi connectivity index (χ2n) is 6.68. The third-order valence-corrected chi connectivity index (χ3v) is 3.65. The molecule has 130 valence electrons. The maximum Gasteiger partial charge on any atom is 0.407 e. The third kappa shape index (κ3) is 5.58. The number of carbonyl (C=O) groups excluding carboxylic acids is 1. The number of nitrogens with one attached hydrogen (secondary N) is 1. The number of ether oxygens (including phenoxy) is 1. The first-order valence-electron chi connectivity index (χ1n) is 7.83. The Morgan fingerprint density at radius 1 is 1.35 bits per heavy atom. The van der Waals surface area contributed by atoms with Crippen LogP contribution in [0, 0.1) is 5.41 Å². The van der Waals surface area contributed by atoms with E-state index < -0.39 is 23.1 Å². The molecule has 0 radical (unpaired) electrons. The van der Waals surface area contributed by atoms with E-state index >= 15 is 0 Å². The van der Waals surface area contributed by atoms with Gasteiger partial charge in [0.1, 0.15) is 5.60 Å². The lowest BCUT2D eigenvalue weighted by Gasteiger charge is -2.29. The van der Waals surface area contributed by atoms with Crippen molar-refractivity contribution < 1.29 is 19.4 Å². The normalized spacial score (nSPS) is 14.1. The van der Waals surface area contributed by atoms with Crippen molar-refractivity contribution >= 4 is 12.1 Å². The van der Waals surface area contributed by atoms with Crippen molar-refractivity contribution in [1.82, 2.24) is 15.1 Å². The first-order chi connectivity index (χ1) is 10.6. The molecule has 0 spiro atoms. The lowest BCUT2D eigenvalue weighted by atomic mass is 9.79. The highest BCUT2D eigenvalue weighted by molar-refractivity contribution is 5.77. The topological polar surface area (TPSA) is 93.5 Å². The van der Waals surface area contributed by atoms with Crippen LogP contribution in [0.3, 0.4) is 0 Å². The molecule has 1 aromatic rings. The Morgan fingerprint density at radius 3 is 2.43 bits per heavy atom. The Kier molecular flexibility index (Phi) is 6.18. The van der Waals surface area contributed by atoms with Crippen LogP contribution in [0.1, 0.15) is 46.6 Å². The monoisotopic (exact) mass is 325 g/mol. The summed E-state index contributed by atoms with van der Waals surface area (Å²) in [6.45, 7) is 9.77. The summed E-state index contributed by atoms with van der Waals surface area (Å²) in [5, 5.41) is 16.4. The van der Waals surface area contributed by atoms with E-state index in [2.05, 4.69) is 10.4 Å². The number of nitrogens with zero attached hydrogens (tertiary/aromatic N) is 2. The van der Waals surface area contributed by atoms with Crippen LogP contribution in [0.5, 0.6) is 0 Å². The fraction of sp³-hybridized carbons (Fsp3) is 0.688. The van der Waals surface area contributed by atoms with Gasteiger partial charge in [-0.25, -0.2) is 4.79 Å². The van der Waals surface area contributed by atoms with E-state index in [0.29, 0.717) is 12.8 Å². The molecule has 23 heavy (non-hydrogen) atoms. The highest BCUT2D eigenvalue weighted by Gasteiger charge is 2.38. The summed E-state index contributed by atoms with van der Waals surface area (Å²) >= 11 is 0. The second kappa shape index (κ2) is 7.48. The van der Waals surface area contributed by atoms with Crippen molar-refractivity contribution in [2.45, 2.75) is 59.6 Å². The van der Waals surface area contributed by atoms with E-state index in [0.717, 1.165) is 12.1 Å². The number of carbonyl (C=O) groups is 2. The van der Waals surface area contributed by atoms with Crippen LogP contribution in [0.4, 0.5) is 4.79 Å². The fourth-order valence-electron chi connectivity index (χ4n) is 2.23. The number of aliphatic carboxylic acids is 1. The Morgan fingerprint density at radius 2 is 2.00 bits per heavy atom. The van der Waals surface area contributed by atoms with Crippen LogP contribution in [0.15, 0.2) is 12.4 Å². The lowest BCUT2D eigenvalue weighted by molar-refractivity contribution is -0.148. The molecule has 0 aliphatic heterocycles. The number of aryl methyl sites for hydroxylation is 1. The van der Waals surface area contributed by atoms with Crippen LogP contribution in [0.2, 0.25) is 0 Å². The minimum Gasteiger partial charge on any atom is -0.481 e. The highest BCUT2D eigenvalue weighted by Crippen LogP contribution is 2.27. The molecule has 0 aliphatic rings. The molecule has 1 rings (SSSR count). The summed E-state index contributed by atoms with van der Waals surface area (Å²) in [5.41, 5.74) is -0.870. The van der Waals surface area contributed by atoms with Gasteiger partial charge in [-0.2, -0.15) is 5.10 Å². The van der Waals surface area contributed by atoms with Crippen LogP contribution in [-0.2, 0) is 22.5 Å². The number of alkyl carbamates (subject to hydrolysis) is 1. The number of carboxylic acids is 1. The number of carboxylic acid groups (broad SMARTS) is 1. The van der Waals surface area contributed by atoms with Gasteiger partial charge < -0.3 is 15.2 Å². The average Bonchev–Trinajstić information content (AvgIpc) is 2.88. The Bertz CT molecular complexity index is 548. The van der Waals surface area contributed by atoms with Gasteiger partial charge in [-0.1, -0.05) is 6.92 Å². The van der Waals surface area contributed by atoms with Gasteiger partial charge >= 0.3 is 12.1 Å². The largest absolute Gasteiger partial charge is 0.481 e. The average molecular weight is 325 g/mol. The number of aromatic nitrogens is 2. The zero-order valence-corrected chi connectivity index (χ0v) is 14.5. The Labute approximate surface area is 137 Å². The molecule has 1 aromatic heterocycles. The SMILES string of the molecule is CCn1cc(CC(CC)(CNC(=O)OC(C)(C)C)C(=O)O)cn1. The first-order valence-corrected chi connectivity index (χ1v) is 7.83. The van der Waals surface area contributed by atoms with Crippen LogP contribution >= 0.6 is 0 Å². The molecule has 1 unspecified atom stereocenters. The fourth-order valence-corrected chi connectivity index (χ4v) is 2.23. The third-order valence-electron chi connectivity index (χ3n) is 3.65. The van der Waals surface area contributed by atoms with Crippen molar-refractivity contribution in [3.63, 3.8) is 0 Å². The van der Waals surface area contributed by atoms with E-state index in [4.69, 9.17) is 4.74 Å². The lowest BCUT2D eigenvalue weighted by Crippen LogP contribution is -2.45. The molecule has 1 atom stereocenters. The second-order valence-corrected chi connectivity index (χ2v) is 6.68. The summed E-state index contributed by atoms with van der Waals surface area (Å²) in [6.07, 6.45) is 3.58. The van der Waals surface area contributed by atoms with Gasteiger partial charge in [-0.05, 0) is 46.1 Å². The maximum absolute atomic E-state index is 11.8. The van der Waals surface area contributed by atoms with E-state index in [1.165, 1.54) is 0 Å². The quantitative estimate of drug-likeness (QED) is 0.803. The molecule has 0 aliphatic carbocycles. The first kappa shape index (κ1) is 19.0. The standard InChI is InChI=1S/C16H27N3O4/c1-6-16(13(20)21,8-12-9-18-19(7-2)10-12)11-17-14(22)23-15(3,4)5/h9-10H,6-8,11H2,1-5H3,(H,17,22)(H,20,21). The van der Waals surface area contributed by atoms with Gasteiger partial charge in [0, 0.05) is 19.3 Å².